The number of aliphatic hydroxyl groups excluding tert-OH is 1. The second kappa shape index (κ2) is 12.1. The number of hydrogen-bond acceptors (Lipinski definition) is 6. The zero-order valence-electron chi connectivity index (χ0n) is 21.0. The lowest BCUT2D eigenvalue weighted by molar-refractivity contribution is 0.0922. The fraction of sp³-hybridized carbons (Fsp3) is 0.448. The summed E-state index contributed by atoms with van der Waals surface area (Å²) in [6.07, 6.45) is 10.8. The second-order valence-corrected chi connectivity index (χ2v) is 9.70. The van der Waals surface area contributed by atoms with Gasteiger partial charge in [-0.05, 0) is 61.1 Å². The molecule has 0 radical (unpaired) electrons. The van der Waals surface area contributed by atoms with Crippen molar-refractivity contribution in [3.05, 3.63) is 71.7 Å². The van der Waals surface area contributed by atoms with Gasteiger partial charge in [0.05, 0.1) is 17.0 Å². The van der Waals surface area contributed by atoms with Crippen LogP contribution in [0.5, 0.6) is 0 Å². The average Bonchev–Trinajstić information content (AvgIpc) is 2.95. The van der Waals surface area contributed by atoms with Crippen LogP contribution in [0.1, 0.15) is 66.6 Å². The lowest BCUT2D eigenvalue weighted by atomic mass is 9.74. The van der Waals surface area contributed by atoms with Crippen LogP contribution in [0.2, 0.25) is 0 Å². The maximum absolute atomic E-state index is 13.1. The van der Waals surface area contributed by atoms with Gasteiger partial charge in [-0.25, -0.2) is 4.98 Å². The number of rotatable bonds is 5. The van der Waals surface area contributed by atoms with E-state index in [1.807, 2.05) is 36.4 Å². The van der Waals surface area contributed by atoms with E-state index in [1.54, 1.807) is 12.4 Å². The lowest BCUT2D eigenvalue weighted by Gasteiger charge is -2.37. The second-order valence-electron chi connectivity index (χ2n) is 9.70. The van der Waals surface area contributed by atoms with Gasteiger partial charge in [-0.2, -0.15) is 5.26 Å². The molecule has 0 unspecified atom stereocenters. The number of nitrogens with zero attached hydrogens (tertiary/aromatic N) is 4. The third kappa shape index (κ3) is 5.72. The van der Waals surface area contributed by atoms with Gasteiger partial charge in [0.2, 0.25) is 0 Å². The smallest absolute Gasteiger partial charge is 0.270 e. The Morgan fingerprint density at radius 3 is 2.50 bits per heavy atom. The van der Waals surface area contributed by atoms with E-state index in [4.69, 9.17) is 10.1 Å². The Kier molecular flexibility index (Phi) is 8.63. The van der Waals surface area contributed by atoms with E-state index >= 15 is 0 Å². The molecule has 188 valence electrons. The van der Waals surface area contributed by atoms with Crippen molar-refractivity contribution in [1.82, 2.24) is 20.2 Å². The Balaban J connectivity index is 0.00000148. The van der Waals surface area contributed by atoms with E-state index in [2.05, 4.69) is 27.3 Å². The third-order valence-electron chi connectivity index (χ3n) is 7.53. The van der Waals surface area contributed by atoms with Crippen LogP contribution in [0.3, 0.4) is 0 Å². The highest BCUT2D eigenvalue weighted by atomic mass is 16.2. The van der Waals surface area contributed by atoms with Crippen molar-refractivity contribution < 1.29 is 9.90 Å². The molecule has 1 aromatic carbocycles. The van der Waals surface area contributed by atoms with E-state index < -0.39 is 5.41 Å². The topological polar surface area (TPSA) is 102 Å². The van der Waals surface area contributed by atoms with Gasteiger partial charge in [-0.3, -0.25) is 14.7 Å². The van der Waals surface area contributed by atoms with Crippen LogP contribution < -0.4 is 5.32 Å². The molecule has 2 N–H and O–H groups in total. The van der Waals surface area contributed by atoms with Crippen molar-refractivity contribution in [2.45, 2.75) is 62.9 Å². The van der Waals surface area contributed by atoms with Gasteiger partial charge < -0.3 is 10.4 Å². The summed E-state index contributed by atoms with van der Waals surface area (Å²) < 4.78 is 0. The number of amides is 1. The fourth-order valence-electron chi connectivity index (χ4n) is 5.47. The summed E-state index contributed by atoms with van der Waals surface area (Å²) in [5, 5.41) is 21.3. The highest BCUT2D eigenvalue weighted by molar-refractivity contribution is 5.96. The Morgan fingerprint density at radius 2 is 1.81 bits per heavy atom. The Labute approximate surface area is 213 Å². The molecule has 2 aliphatic rings. The van der Waals surface area contributed by atoms with Crippen LogP contribution in [-0.4, -0.2) is 52.1 Å². The maximum Gasteiger partial charge on any atom is 0.270 e. The molecule has 2 fully saturated rings. The number of benzene rings is 1. The molecule has 1 aliphatic heterocycles. The molecule has 5 rings (SSSR count). The number of para-hydroxylation sites is 1. The van der Waals surface area contributed by atoms with Gasteiger partial charge in [-0.15, -0.1) is 0 Å². The number of piperidine rings is 1. The van der Waals surface area contributed by atoms with Gasteiger partial charge in [-0.1, -0.05) is 37.5 Å². The van der Waals surface area contributed by atoms with Crippen molar-refractivity contribution in [2.24, 2.45) is 0 Å². The standard InChI is InChI=1S/C28H31N5O.CH4O/c29-20-28(22-10-14-30-15-11-22)12-16-33(17-13-28)19-21-18-26(32-25-9-5-4-8-24(21)25)27(34)31-23-6-2-1-3-7-23;1-2/h4-5,8-11,14-15,18,23H,1-3,6-7,12-13,16-17,19H2,(H,31,34);2H,1H3. The summed E-state index contributed by atoms with van der Waals surface area (Å²) in [6.45, 7) is 2.40. The van der Waals surface area contributed by atoms with Crippen molar-refractivity contribution in [2.75, 3.05) is 20.2 Å². The first-order valence-corrected chi connectivity index (χ1v) is 12.9. The fourth-order valence-corrected chi connectivity index (χ4v) is 5.47. The molecule has 1 saturated carbocycles. The minimum Gasteiger partial charge on any atom is -0.400 e. The molecule has 0 atom stereocenters. The van der Waals surface area contributed by atoms with Gasteiger partial charge in [0.1, 0.15) is 5.69 Å². The van der Waals surface area contributed by atoms with Crippen LogP contribution in [0.25, 0.3) is 10.9 Å². The van der Waals surface area contributed by atoms with E-state index in [0.717, 1.165) is 74.5 Å². The number of likely N-dealkylation sites (tertiary alicyclic amines) is 1. The van der Waals surface area contributed by atoms with Crippen molar-refractivity contribution >= 4 is 16.8 Å². The number of carbonyl (C=O) groups is 1. The van der Waals surface area contributed by atoms with Gasteiger partial charge in [0.15, 0.2) is 0 Å². The Hall–Kier alpha value is -3.34. The molecule has 1 saturated heterocycles. The molecule has 1 amide bonds. The molecule has 3 heterocycles. The summed E-state index contributed by atoms with van der Waals surface area (Å²) in [5.74, 6) is -0.0706. The lowest BCUT2D eigenvalue weighted by Crippen LogP contribution is -2.41. The van der Waals surface area contributed by atoms with Crippen LogP contribution in [0.4, 0.5) is 0 Å². The predicted octanol–water partition coefficient (Wildman–Crippen LogP) is 4.36. The van der Waals surface area contributed by atoms with Crippen molar-refractivity contribution in [1.29, 1.82) is 5.26 Å². The molecule has 0 bridgehead atoms. The molecule has 2 aromatic heterocycles. The number of nitriles is 1. The Bertz CT molecular complexity index is 1190. The first-order chi connectivity index (χ1) is 17.7. The first kappa shape index (κ1) is 25.7. The molecule has 0 spiro atoms. The van der Waals surface area contributed by atoms with Crippen LogP contribution >= 0.6 is 0 Å². The molecular weight excluding hydrogens is 450 g/mol. The largest absolute Gasteiger partial charge is 0.400 e. The summed E-state index contributed by atoms with van der Waals surface area (Å²) in [7, 11) is 1.00. The van der Waals surface area contributed by atoms with E-state index in [-0.39, 0.29) is 11.9 Å². The number of nitrogens with one attached hydrogen (secondary N) is 1. The highest BCUT2D eigenvalue weighted by Crippen LogP contribution is 2.35. The molecule has 1 aliphatic carbocycles. The van der Waals surface area contributed by atoms with Crippen LogP contribution in [0.15, 0.2) is 54.9 Å². The maximum atomic E-state index is 13.1. The van der Waals surface area contributed by atoms with E-state index in [9.17, 15) is 10.1 Å². The van der Waals surface area contributed by atoms with Crippen LogP contribution in [0, 0.1) is 11.3 Å². The minimum atomic E-state index is -0.454. The summed E-state index contributed by atoms with van der Waals surface area (Å²) in [4.78, 5) is 24.2. The Morgan fingerprint density at radius 1 is 1.11 bits per heavy atom. The van der Waals surface area contributed by atoms with Gasteiger partial charge in [0, 0.05) is 50.6 Å². The van der Waals surface area contributed by atoms with Crippen molar-refractivity contribution in [3.63, 3.8) is 0 Å². The molecule has 7 heteroatoms. The molecule has 36 heavy (non-hydrogen) atoms. The number of fused-ring (bicyclic) bond motifs is 1. The summed E-state index contributed by atoms with van der Waals surface area (Å²) in [5.41, 5.74) is 3.08. The first-order valence-electron chi connectivity index (χ1n) is 12.9. The number of pyridine rings is 2. The van der Waals surface area contributed by atoms with E-state index in [1.165, 1.54) is 19.3 Å². The number of aliphatic hydroxyl groups is 1. The normalized spacial score (nSPS) is 18.0. The minimum absolute atomic E-state index is 0.0706. The highest BCUT2D eigenvalue weighted by Gasteiger charge is 2.36. The average molecular weight is 486 g/mol. The van der Waals surface area contributed by atoms with E-state index in [0.29, 0.717) is 5.69 Å². The third-order valence-corrected chi connectivity index (χ3v) is 7.53. The number of aromatic nitrogens is 2. The molecule has 7 nitrogen and oxygen atoms in total. The quantitative estimate of drug-likeness (QED) is 0.557. The van der Waals surface area contributed by atoms with Gasteiger partial charge in [0.25, 0.3) is 5.91 Å². The number of carbonyl (C=O) groups excluding carboxylic acids is 1. The van der Waals surface area contributed by atoms with Crippen molar-refractivity contribution in [3.8, 4) is 6.07 Å². The molecule has 3 aromatic rings. The SMILES string of the molecule is CO.N#CC1(c2ccncc2)CCN(Cc2cc(C(=O)NC3CCCCC3)nc3ccccc23)CC1. The zero-order valence-corrected chi connectivity index (χ0v) is 21.0. The summed E-state index contributed by atoms with van der Waals surface area (Å²) >= 11 is 0. The summed E-state index contributed by atoms with van der Waals surface area (Å²) in [6, 6.07) is 16.8. The zero-order chi connectivity index (χ0) is 25.4. The van der Waals surface area contributed by atoms with Crippen LogP contribution in [-0.2, 0) is 12.0 Å². The van der Waals surface area contributed by atoms with Gasteiger partial charge >= 0.3 is 0 Å². The molecular formula is C29H35N5O2. The predicted molar refractivity (Wildman–Crippen MR) is 140 cm³/mol. The number of hydrogen-bond donors (Lipinski definition) is 2. The monoisotopic (exact) mass is 485 g/mol.